The molecule has 0 saturated heterocycles. The topological polar surface area (TPSA) is 127 Å². The van der Waals surface area contributed by atoms with Crippen LogP contribution in [-0.4, -0.2) is 34.7 Å². The minimum absolute atomic E-state index is 0.0718. The zero-order chi connectivity index (χ0) is 11.7. The summed E-state index contributed by atoms with van der Waals surface area (Å²) in [5.74, 6) is -1.81. The number of aliphatic carboxylic acids is 2. The van der Waals surface area contributed by atoms with Crippen molar-refractivity contribution in [3.05, 3.63) is 0 Å². The number of nitrogens with two attached hydrogens (primary N) is 2. The average molecular weight is 206 g/mol. The molecule has 84 valence electrons. The quantitative estimate of drug-likeness (QED) is 0.490. The lowest BCUT2D eigenvalue weighted by Crippen LogP contribution is -2.36. The Morgan fingerprint density at radius 1 is 1.36 bits per heavy atom. The van der Waals surface area contributed by atoms with E-state index in [4.69, 9.17) is 15.9 Å². The summed E-state index contributed by atoms with van der Waals surface area (Å²) in [4.78, 5) is 19.4. The molecule has 0 aromatic heterocycles. The Hall–Kier alpha value is -1.14. The Bertz CT molecular complexity index is 184. The molecule has 0 aliphatic carbocycles. The molecule has 0 fully saturated rings. The van der Waals surface area contributed by atoms with E-state index in [1.165, 1.54) is 0 Å². The fourth-order valence-corrected chi connectivity index (χ4v) is 0.497. The minimum Gasteiger partial charge on any atom is -0.480 e. The summed E-state index contributed by atoms with van der Waals surface area (Å²) in [5.41, 5.74) is 9.84. The van der Waals surface area contributed by atoms with Gasteiger partial charge in [-0.15, -0.1) is 0 Å². The summed E-state index contributed by atoms with van der Waals surface area (Å²) in [5, 5.41) is 16.0. The van der Waals surface area contributed by atoms with Crippen LogP contribution in [0, 0.1) is 5.92 Å². The molecule has 2 atom stereocenters. The Morgan fingerprint density at radius 3 is 1.79 bits per heavy atom. The van der Waals surface area contributed by atoms with Crippen LogP contribution >= 0.6 is 0 Å². The van der Waals surface area contributed by atoms with Crippen LogP contribution in [0.15, 0.2) is 0 Å². The monoisotopic (exact) mass is 206 g/mol. The Morgan fingerprint density at radius 2 is 1.71 bits per heavy atom. The molecular formula is C8H18N2O4. The van der Waals surface area contributed by atoms with Gasteiger partial charge >= 0.3 is 11.9 Å². The van der Waals surface area contributed by atoms with E-state index in [0.717, 1.165) is 6.42 Å². The third-order valence-electron chi connectivity index (χ3n) is 1.72. The standard InChI is InChI=1S/C6H13NO2.C2H5NO2/c1-3-4(2)5(7)6(8)9;3-1-2(4)5/h4-5H,3,7H2,1-2H3,(H,8,9);1,3H2,(H,4,5). The predicted molar refractivity (Wildman–Crippen MR) is 51.8 cm³/mol. The van der Waals surface area contributed by atoms with Gasteiger partial charge in [0.2, 0.25) is 0 Å². The van der Waals surface area contributed by atoms with Crippen LogP contribution in [0.25, 0.3) is 0 Å². The lowest BCUT2D eigenvalue weighted by atomic mass is 10.0. The van der Waals surface area contributed by atoms with E-state index in [0.29, 0.717) is 0 Å². The molecule has 6 heteroatoms. The summed E-state index contributed by atoms with van der Waals surface area (Å²) in [6.07, 6.45) is 0.813. The van der Waals surface area contributed by atoms with Crippen LogP contribution in [0.5, 0.6) is 0 Å². The van der Waals surface area contributed by atoms with Gasteiger partial charge in [0, 0.05) is 0 Å². The summed E-state index contributed by atoms with van der Waals surface area (Å²) in [6.45, 7) is 3.48. The van der Waals surface area contributed by atoms with E-state index in [1.807, 2.05) is 13.8 Å². The molecular weight excluding hydrogens is 188 g/mol. The molecule has 0 aromatic rings. The maximum Gasteiger partial charge on any atom is 0.320 e. The number of rotatable bonds is 4. The molecule has 0 bridgehead atoms. The van der Waals surface area contributed by atoms with Gasteiger partial charge in [0.15, 0.2) is 0 Å². The van der Waals surface area contributed by atoms with E-state index in [-0.39, 0.29) is 12.5 Å². The van der Waals surface area contributed by atoms with Gasteiger partial charge in [-0.3, -0.25) is 9.59 Å². The lowest BCUT2D eigenvalue weighted by Gasteiger charge is -2.11. The Kier molecular flexibility index (Phi) is 9.27. The van der Waals surface area contributed by atoms with E-state index in [9.17, 15) is 9.59 Å². The molecule has 2 unspecified atom stereocenters. The first-order valence-electron chi connectivity index (χ1n) is 4.27. The van der Waals surface area contributed by atoms with Gasteiger partial charge in [-0.25, -0.2) is 0 Å². The third kappa shape index (κ3) is 8.95. The van der Waals surface area contributed by atoms with Crippen LogP contribution in [0.2, 0.25) is 0 Å². The highest BCUT2D eigenvalue weighted by Crippen LogP contribution is 2.04. The highest BCUT2D eigenvalue weighted by atomic mass is 16.4. The van der Waals surface area contributed by atoms with Gasteiger partial charge in [0.05, 0.1) is 6.54 Å². The van der Waals surface area contributed by atoms with Crippen molar-refractivity contribution < 1.29 is 19.8 Å². The molecule has 6 N–H and O–H groups in total. The first-order valence-corrected chi connectivity index (χ1v) is 4.27. The van der Waals surface area contributed by atoms with Crippen LogP contribution in [0.4, 0.5) is 0 Å². The smallest absolute Gasteiger partial charge is 0.320 e. The number of carbonyl (C=O) groups is 2. The zero-order valence-corrected chi connectivity index (χ0v) is 8.43. The normalized spacial score (nSPS) is 13.4. The second-order valence-corrected chi connectivity index (χ2v) is 2.85. The van der Waals surface area contributed by atoms with Crippen molar-refractivity contribution >= 4 is 11.9 Å². The molecule has 0 saturated carbocycles. The Labute approximate surface area is 82.9 Å². The van der Waals surface area contributed by atoms with Crippen LogP contribution in [0.1, 0.15) is 20.3 Å². The van der Waals surface area contributed by atoms with Gasteiger partial charge in [-0.1, -0.05) is 20.3 Å². The fourth-order valence-electron chi connectivity index (χ4n) is 0.497. The van der Waals surface area contributed by atoms with Crippen molar-refractivity contribution in [2.75, 3.05) is 6.54 Å². The molecule has 0 aromatic carbocycles. The lowest BCUT2D eigenvalue weighted by molar-refractivity contribution is -0.139. The van der Waals surface area contributed by atoms with Crippen molar-refractivity contribution in [3.63, 3.8) is 0 Å². The maximum atomic E-state index is 10.2. The third-order valence-corrected chi connectivity index (χ3v) is 1.72. The van der Waals surface area contributed by atoms with Crippen LogP contribution < -0.4 is 11.5 Å². The second-order valence-electron chi connectivity index (χ2n) is 2.85. The first-order chi connectivity index (χ1) is 6.36. The highest BCUT2D eigenvalue weighted by Gasteiger charge is 2.17. The van der Waals surface area contributed by atoms with Crippen molar-refractivity contribution in [1.82, 2.24) is 0 Å². The van der Waals surface area contributed by atoms with Crippen molar-refractivity contribution in [2.45, 2.75) is 26.3 Å². The number of carboxylic acid groups (broad SMARTS) is 2. The SMILES string of the molecule is CCC(C)C(N)C(=O)O.NCC(=O)O. The van der Waals surface area contributed by atoms with Gasteiger partial charge in [-0.05, 0) is 5.92 Å². The molecule has 0 aliphatic rings. The van der Waals surface area contributed by atoms with Crippen LogP contribution in [0.3, 0.4) is 0 Å². The highest BCUT2D eigenvalue weighted by molar-refractivity contribution is 5.73. The second kappa shape index (κ2) is 8.46. The minimum atomic E-state index is -0.968. The molecule has 0 heterocycles. The summed E-state index contributed by atoms with van der Waals surface area (Å²) < 4.78 is 0. The van der Waals surface area contributed by atoms with Gasteiger partial charge < -0.3 is 21.7 Å². The molecule has 0 aliphatic heterocycles. The van der Waals surface area contributed by atoms with Crippen molar-refractivity contribution in [3.8, 4) is 0 Å². The van der Waals surface area contributed by atoms with E-state index in [1.54, 1.807) is 0 Å². The molecule has 6 nitrogen and oxygen atoms in total. The van der Waals surface area contributed by atoms with Gasteiger partial charge in [-0.2, -0.15) is 0 Å². The van der Waals surface area contributed by atoms with Gasteiger partial charge in [0.25, 0.3) is 0 Å². The first kappa shape index (κ1) is 15.3. The Balaban J connectivity index is 0. The number of hydrogen-bond donors (Lipinski definition) is 4. The van der Waals surface area contributed by atoms with Gasteiger partial charge in [0.1, 0.15) is 6.04 Å². The molecule has 14 heavy (non-hydrogen) atoms. The number of carboxylic acids is 2. The van der Waals surface area contributed by atoms with Crippen molar-refractivity contribution in [1.29, 1.82) is 0 Å². The molecule has 0 spiro atoms. The summed E-state index contributed by atoms with van der Waals surface area (Å²) in [7, 11) is 0. The van der Waals surface area contributed by atoms with Crippen molar-refractivity contribution in [2.24, 2.45) is 17.4 Å². The largest absolute Gasteiger partial charge is 0.480 e. The fraction of sp³-hybridized carbons (Fsp3) is 0.750. The van der Waals surface area contributed by atoms with E-state index < -0.39 is 18.0 Å². The van der Waals surface area contributed by atoms with E-state index in [2.05, 4.69) is 5.73 Å². The molecule has 0 rings (SSSR count). The molecule has 0 radical (unpaired) electrons. The van der Waals surface area contributed by atoms with Crippen LogP contribution in [-0.2, 0) is 9.59 Å². The predicted octanol–water partition coefficient (Wildman–Crippen LogP) is -0.526. The average Bonchev–Trinajstić information content (AvgIpc) is 2.16. The molecule has 0 amide bonds. The van der Waals surface area contributed by atoms with E-state index >= 15 is 0 Å². The summed E-state index contributed by atoms with van der Waals surface area (Å²) >= 11 is 0. The zero-order valence-electron chi connectivity index (χ0n) is 8.43. The number of hydrogen-bond acceptors (Lipinski definition) is 4. The summed E-state index contributed by atoms with van der Waals surface area (Å²) in [6, 6.07) is -0.699. The maximum absolute atomic E-state index is 10.2.